The first-order chi connectivity index (χ1) is 15.1. The van der Waals surface area contributed by atoms with Gasteiger partial charge in [-0.15, -0.1) is 0 Å². The van der Waals surface area contributed by atoms with Crippen molar-refractivity contribution in [2.24, 2.45) is 0 Å². The number of fused-ring (bicyclic) bond motifs is 3. The molecule has 1 saturated heterocycles. The molecule has 0 spiro atoms. The first-order valence-electron chi connectivity index (χ1n) is 11.2. The molecule has 2 aliphatic rings. The van der Waals surface area contributed by atoms with Gasteiger partial charge in [-0.25, -0.2) is 0 Å². The zero-order valence-electron chi connectivity index (χ0n) is 17.9. The summed E-state index contributed by atoms with van der Waals surface area (Å²) in [4.78, 5) is 37.7. The third-order valence-corrected chi connectivity index (χ3v) is 6.56. The minimum atomic E-state index is -0.236. The van der Waals surface area contributed by atoms with E-state index in [2.05, 4.69) is 23.2 Å². The van der Waals surface area contributed by atoms with E-state index in [0.29, 0.717) is 25.9 Å². The van der Waals surface area contributed by atoms with Crippen LogP contribution in [0.5, 0.6) is 0 Å². The van der Waals surface area contributed by atoms with Crippen molar-refractivity contribution < 1.29 is 9.59 Å². The quantitative estimate of drug-likeness (QED) is 0.704. The van der Waals surface area contributed by atoms with Crippen LogP contribution >= 0.6 is 0 Å². The molecule has 5 rings (SSSR count). The summed E-state index contributed by atoms with van der Waals surface area (Å²) in [6.45, 7) is 3.90. The average Bonchev–Trinajstić information content (AvgIpc) is 3.16. The van der Waals surface area contributed by atoms with Crippen LogP contribution in [0.25, 0.3) is 10.9 Å². The van der Waals surface area contributed by atoms with Crippen molar-refractivity contribution in [2.45, 2.75) is 45.1 Å². The number of carbonyl (C=O) groups is 2. The summed E-state index contributed by atoms with van der Waals surface area (Å²) >= 11 is 0. The molecule has 0 saturated carbocycles. The first-order valence-corrected chi connectivity index (χ1v) is 11.2. The van der Waals surface area contributed by atoms with Gasteiger partial charge >= 0.3 is 0 Å². The summed E-state index contributed by atoms with van der Waals surface area (Å²) < 4.78 is 0. The lowest BCUT2D eigenvalue weighted by atomic mass is 9.94. The Hall–Kier alpha value is -3.15. The predicted octanol–water partition coefficient (Wildman–Crippen LogP) is 3.75. The summed E-state index contributed by atoms with van der Waals surface area (Å²) in [5.41, 5.74) is 5.26. The lowest BCUT2D eigenvalue weighted by Gasteiger charge is -2.36. The van der Waals surface area contributed by atoms with Gasteiger partial charge in [0.1, 0.15) is 6.04 Å². The number of aromatic amines is 1. The molecule has 2 amide bonds. The molecule has 0 aliphatic carbocycles. The molecule has 0 unspecified atom stereocenters. The molecule has 6 heteroatoms. The van der Waals surface area contributed by atoms with Crippen LogP contribution in [-0.4, -0.2) is 51.2 Å². The van der Waals surface area contributed by atoms with Crippen LogP contribution in [0, 0.1) is 6.92 Å². The lowest BCUT2D eigenvalue weighted by molar-refractivity contribution is -0.136. The van der Waals surface area contributed by atoms with Crippen LogP contribution in [0.1, 0.15) is 54.4 Å². The minimum Gasteiger partial charge on any atom is -0.356 e. The summed E-state index contributed by atoms with van der Waals surface area (Å²) in [5, 5.41) is 1.22. The number of H-pyrrole nitrogens is 1. The van der Waals surface area contributed by atoms with Crippen LogP contribution in [0.15, 0.2) is 42.5 Å². The molecule has 1 aromatic carbocycles. The van der Waals surface area contributed by atoms with Crippen LogP contribution in [0.3, 0.4) is 0 Å². The number of benzene rings is 1. The third kappa shape index (κ3) is 3.71. The summed E-state index contributed by atoms with van der Waals surface area (Å²) in [5.74, 6) is 0.253. The van der Waals surface area contributed by atoms with Crippen LogP contribution in [0.2, 0.25) is 0 Å². The normalized spacial score (nSPS) is 19.0. The van der Waals surface area contributed by atoms with Gasteiger partial charge in [-0.1, -0.05) is 24.3 Å². The van der Waals surface area contributed by atoms with E-state index in [4.69, 9.17) is 4.98 Å². The van der Waals surface area contributed by atoms with Gasteiger partial charge in [0.25, 0.3) is 0 Å². The number of para-hydroxylation sites is 1. The number of rotatable bonds is 4. The Morgan fingerprint density at radius 3 is 2.81 bits per heavy atom. The summed E-state index contributed by atoms with van der Waals surface area (Å²) in [7, 11) is 0. The predicted molar refractivity (Wildman–Crippen MR) is 120 cm³/mol. The summed E-state index contributed by atoms with van der Waals surface area (Å²) in [6, 6.07) is 14.1. The van der Waals surface area contributed by atoms with E-state index in [9.17, 15) is 9.59 Å². The molecule has 0 radical (unpaired) electrons. The molecule has 2 aromatic heterocycles. The van der Waals surface area contributed by atoms with Crippen molar-refractivity contribution in [3.05, 3.63) is 65.1 Å². The number of aryl methyl sites for hydroxylation is 1. The van der Waals surface area contributed by atoms with Gasteiger partial charge in [-0.3, -0.25) is 14.6 Å². The Kier molecular flexibility index (Phi) is 5.22. The molecule has 1 atom stereocenters. The number of nitrogens with one attached hydrogen (secondary N) is 1. The zero-order chi connectivity index (χ0) is 21.4. The average molecular weight is 417 g/mol. The minimum absolute atomic E-state index is 0.0796. The van der Waals surface area contributed by atoms with Crippen molar-refractivity contribution in [3.63, 3.8) is 0 Å². The molecule has 1 fully saturated rings. The second-order valence-corrected chi connectivity index (χ2v) is 8.59. The maximum Gasteiger partial charge on any atom is 0.225 e. The number of aromatic nitrogens is 2. The summed E-state index contributed by atoms with van der Waals surface area (Å²) in [6.07, 6.45) is 3.75. The number of piperidine rings is 1. The van der Waals surface area contributed by atoms with Gasteiger partial charge in [0.15, 0.2) is 0 Å². The Morgan fingerprint density at radius 1 is 1.10 bits per heavy atom. The van der Waals surface area contributed by atoms with Crippen LogP contribution in [-0.2, 0) is 16.0 Å². The van der Waals surface area contributed by atoms with Gasteiger partial charge in [0, 0.05) is 54.8 Å². The largest absolute Gasteiger partial charge is 0.356 e. The molecule has 31 heavy (non-hydrogen) atoms. The van der Waals surface area contributed by atoms with Gasteiger partial charge in [-0.2, -0.15) is 0 Å². The molecule has 4 heterocycles. The molecule has 2 aliphatic heterocycles. The molecule has 6 nitrogen and oxygen atoms in total. The standard InChI is InChI=1S/C25H28N4O2/c1-17-7-6-10-21(26-17)25-24-19(18-8-2-3-9-20(18)27-24)12-16-29(25)23(31)13-15-28-14-5-4-11-22(28)30/h2-3,6-10,25,27H,4-5,11-16H2,1H3/t25-/m1/s1. The maximum atomic E-state index is 13.4. The molecular weight excluding hydrogens is 388 g/mol. The number of likely N-dealkylation sites (tertiary alicyclic amines) is 1. The number of hydrogen-bond donors (Lipinski definition) is 1. The second kappa shape index (κ2) is 8.17. The first kappa shape index (κ1) is 19.8. The Morgan fingerprint density at radius 2 is 1.97 bits per heavy atom. The number of hydrogen-bond acceptors (Lipinski definition) is 3. The van der Waals surface area contributed by atoms with E-state index in [1.54, 1.807) is 0 Å². The zero-order valence-corrected chi connectivity index (χ0v) is 17.9. The van der Waals surface area contributed by atoms with Crippen molar-refractivity contribution >= 4 is 22.7 Å². The van der Waals surface area contributed by atoms with E-state index in [0.717, 1.165) is 48.4 Å². The van der Waals surface area contributed by atoms with Gasteiger partial charge in [-0.05, 0) is 49.9 Å². The highest BCUT2D eigenvalue weighted by Crippen LogP contribution is 2.38. The van der Waals surface area contributed by atoms with Crippen molar-refractivity contribution in [3.8, 4) is 0 Å². The molecule has 0 bridgehead atoms. The van der Waals surface area contributed by atoms with E-state index in [1.807, 2.05) is 41.0 Å². The van der Waals surface area contributed by atoms with Crippen molar-refractivity contribution in [1.82, 2.24) is 19.8 Å². The number of amides is 2. The van der Waals surface area contributed by atoms with Crippen molar-refractivity contribution in [2.75, 3.05) is 19.6 Å². The van der Waals surface area contributed by atoms with E-state index in [1.165, 1.54) is 10.9 Å². The fourth-order valence-electron chi connectivity index (χ4n) is 5.01. The topological polar surface area (TPSA) is 69.3 Å². The fourth-order valence-corrected chi connectivity index (χ4v) is 5.01. The smallest absolute Gasteiger partial charge is 0.225 e. The molecule has 3 aromatic rings. The molecule has 1 N–H and O–H groups in total. The van der Waals surface area contributed by atoms with E-state index < -0.39 is 0 Å². The van der Waals surface area contributed by atoms with E-state index in [-0.39, 0.29) is 17.9 Å². The fraction of sp³-hybridized carbons (Fsp3) is 0.400. The SMILES string of the molecule is Cc1cccc([C@@H]2c3[nH]c4ccccc4c3CCN2C(=O)CCN2CCCCC2=O)n1. The number of carbonyl (C=O) groups excluding carboxylic acids is 2. The van der Waals surface area contributed by atoms with Crippen molar-refractivity contribution in [1.29, 1.82) is 0 Å². The third-order valence-electron chi connectivity index (χ3n) is 6.56. The molecular formula is C25H28N4O2. The van der Waals surface area contributed by atoms with Gasteiger partial charge in [0.05, 0.1) is 5.69 Å². The highest BCUT2D eigenvalue weighted by Gasteiger charge is 2.35. The second-order valence-electron chi connectivity index (χ2n) is 8.59. The number of nitrogens with zero attached hydrogens (tertiary/aromatic N) is 3. The Bertz CT molecular complexity index is 1140. The lowest BCUT2D eigenvalue weighted by Crippen LogP contribution is -2.43. The maximum absolute atomic E-state index is 13.4. The highest BCUT2D eigenvalue weighted by molar-refractivity contribution is 5.86. The van der Waals surface area contributed by atoms with E-state index >= 15 is 0 Å². The van der Waals surface area contributed by atoms with Gasteiger partial charge < -0.3 is 14.8 Å². The highest BCUT2D eigenvalue weighted by atomic mass is 16.2. The molecule has 160 valence electrons. The monoisotopic (exact) mass is 416 g/mol. The van der Waals surface area contributed by atoms with Crippen LogP contribution in [0.4, 0.5) is 0 Å². The van der Waals surface area contributed by atoms with Gasteiger partial charge in [0.2, 0.25) is 11.8 Å². The van der Waals surface area contributed by atoms with Crippen LogP contribution < -0.4 is 0 Å². The Balaban J connectivity index is 1.47. The number of pyridine rings is 1. The Labute approximate surface area is 182 Å².